The summed E-state index contributed by atoms with van der Waals surface area (Å²) < 4.78 is 38.8. The van der Waals surface area contributed by atoms with E-state index in [0.717, 1.165) is 12.3 Å². The molecule has 0 unspecified atom stereocenters. The van der Waals surface area contributed by atoms with Crippen LogP contribution in [0.2, 0.25) is 0 Å². The second-order valence-electron chi connectivity index (χ2n) is 4.13. The van der Waals surface area contributed by atoms with E-state index in [0.29, 0.717) is 0 Å². The fourth-order valence-corrected chi connectivity index (χ4v) is 1.85. The maximum absolute atomic E-state index is 12.9. The number of hydrogen-bond acceptors (Lipinski definition) is 3. The average Bonchev–Trinajstić information content (AvgIpc) is 2.45. The highest BCUT2D eigenvalue weighted by Gasteiger charge is 2.34. The van der Waals surface area contributed by atoms with Crippen molar-refractivity contribution in [1.29, 1.82) is 5.26 Å². The number of rotatable bonds is 2. The summed E-state index contributed by atoms with van der Waals surface area (Å²) in [6.07, 6.45) is -3.86. The van der Waals surface area contributed by atoms with Gasteiger partial charge in [0.25, 0.3) is 0 Å². The van der Waals surface area contributed by atoms with Crippen molar-refractivity contribution in [2.45, 2.75) is 6.18 Å². The summed E-state index contributed by atoms with van der Waals surface area (Å²) in [5.41, 5.74) is 3.67. The van der Waals surface area contributed by atoms with Crippen molar-refractivity contribution >= 4 is 5.91 Å². The Morgan fingerprint density at radius 3 is 2.52 bits per heavy atom. The van der Waals surface area contributed by atoms with Gasteiger partial charge in [0.1, 0.15) is 6.07 Å². The van der Waals surface area contributed by atoms with Crippen LogP contribution in [0.4, 0.5) is 13.2 Å². The molecule has 0 radical (unpaired) electrons. The lowest BCUT2D eigenvalue weighted by Crippen LogP contribution is -2.13. The third kappa shape index (κ3) is 2.84. The maximum Gasteiger partial charge on any atom is 0.417 e. The van der Waals surface area contributed by atoms with E-state index in [2.05, 4.69) is 4.98 Å². The Balaban J connectivity index is 2.68. The van der Waals surface area contributed by atoms with Crippen molar-refractivity contribution in [3.8, 4) is 17.3 Å². The molecule has 1 heterocycles. The molecule has 0 fully saturated rings. The largest absolute Gasteiger partial charge is 0.417 e. The highest BCUT2D eigenvalue weighted by molar-refractivity contribution is 5.99. The van der Waals surface area contributed by atoms with Crippen LogP contribution in [0.1, 0.15) is 21.5 Å². The number of pyridine rings is 1. The molecule has 1 aromatic heterocycles. The zero-order valence-corrected chi connectivity index (χ0v) is 10.5. The summed E-state index contributed by atoms with van der Waals surface area (Å²) in [5.74, 6) is -0.773. The van der Waals surface area contributed by atoms with Crippen LogP contribution in [0.5, 0.6) is 0 Å². The number of carbonyl (C=O) groups is 1. The number of carbonyl (C=O) groups excluding carboxylic acids is 1. The number of nitrogens with zero attached hydrogens (tertiary/aromatic N) is 2. The van der Waals surface area contributed by atoms with Crippen LogP contribution in [0.15, 0.2) is 36.5 Å². The first-order valence-corrected chi connectivity index (χ1v) is 5.71. The molecule has 0 aliphatic carbocycles. The van der Waals surface area contributed by atoms with Gasteiger partial charge in [0.2, 0.25) is 5.91 Å². The van der Waals surface area contributed by atoms with Crippen LogP contribution in [0.25, 0.3) is 11.3 Å². The molecule has 0 aliphatic heterocycles. The Hall–Kier alpha value is -2.88. The molecule has 2 aromatic rings. The molecule has 2 N–H and O–H groups in total. The number of amides is 1. The molecule has 0 aliphatic rings. The summed E-state index contributed by atoms with van der Waals surface area (Å²) >= 11 is 0. The van der Waals surface area contributed by atoms with E-state index >= 15 is 0 Å². The minimum atomic E-state index is -4.69. The quantitative estimate of drug-likeness (QED) is 0.923. The number of benzene rings is 1. The van der Waals surface area contributed by atoms with Crippen LogP contribution in [-0.4, -0.2) is 10.9 Å². The summed E-state index contributed by atoms with van der Waals surface area (Å²) in [5, 5.41) is 8.72. The van der Waals surface area contributed by atoms with E-state index < -0.39 is 23.2 Å². The Labute approximate surface area is 117 Å². The van der Waals surface area contributed by atoms with E-state index in [4.69, 9.17) is 11.0 Å². The lowest BCUT2D eigenvalue weighted by molar-refractivity contribution is -0.137. The molecule has 0 bridgehead atoms. The van der Waals surface area contributed by atoms with Gasteiger partial charge in [-0.2, -0.15) is 18.4 Å². The first-order valence-electron chi connectivity index (χ1n) is 5.71. The molecule has 0 saturated carbocycles. The number of hydrogen-bond donors (Lipinski definition) is 1. The maximum atomic E-state index is 12.9. The summed E-state index contributed by atoms with van der Waals surface area (Å²) in [6.45, 7) is 0. The third-order valence-corrected chi connectivity index (χ3v) is 2.80. The van der Waals surface area contributed by atoms with E-state index in [-0.39, 0.29) is 16.8 Å². The van der Waals surface area contributed by atoms with Crippen molar-refractivity contribution in [2.24, 2.45) is 5.73 Å². The molecule has 0 saturated heterocycles. The standard InChI is InChI=1S/C14H8F3N3O/c15-14(16,17)11-5-12(20-7-8(11)6-18)9-3-1-2-4-10(9)13(19)21/h1-5,7H,(H2,19,21). The van der Waals surface area contributed by atoms with Crippen molar-refractivity contribution < 1.29 is 18.0 Å². The van der Waals surface area contributed by atoms with Gasteiger partial charge in [0, 0.05) is 17.3 Å². The third-order valence-electron chi connectivity index (χ3n) is 2.80. The van der Waals surface area contributed by atoms with Crippen LogP contribution in [0, 0.1) is 11.3 Å². The highest BCUT2D eigenvalue weighted by atomic mass is 19.4. The zero-order valence-electron chi connectivity index (χ0n) is 10.5. The highest BCUT2D eigenvalue weighted by Crippen LogP contribution is 2.34. The van der Waals surface area contributed by atoms with Crippen molar-refractivity contribution in [1.82, 2.24) is 4.98 Å². The molecular formula is C14H8F3N3O. The molecule has 0 spiro atoms. The zero-order chi connectivity index (χ0) is 15.6. The van der Waals surface area contributed by atoms with Crippen molar-refractivity contribution in [2.75, 3.05) is 0 Å². The number of alkyl halides is 3. The summed E-state index contributed by atoms with van der Waals surface area (Å²) in [4.78, 5) is 15.1. The number of aromatic nitrogens is 1. The van der Waals surface area contributed by atoms with Crippen molar-refractivity contribution in [3.63, 3.8) is 0 Å². The lowest BCUT2D eigenvalue weighted by atomic mass is 10.0. The topological polar surface area (TPSA) is 79.8 Å². The van der Waals surface area contributed by atoms with Crippen LogP contribution >= 0.6 is 0 Å². The predicted octanol–water partition coefficient (Wildman–Crippen LogP) is 2.74. The second-order valence-corrected chi connectivity index (χ2v) is 4.13. The Bertz CT molecular complexity index is 748. The van der Waals surface area contributed by atoms with E-state index in [1.165, 1.54) is 24.3 Å². The first-order chi connectivity index (χ1) is 9.84. The predicted molar refractivity (Wildman–Crippen MR) is 67.9 cm³/mol. The molecule has 2 rings (SSSR count). The fourth-order valence-electron chi connectivity index (χ4n) is 1.85. The minimum absolute atomic E-state index is 0.0582. The Morgan fingerprint density at radius 2 is 1.95 bits per heavy atom. The van der Waals surface area contributed by atoms with Gasteiger partial charge in [-0.3, -0.25) is 9.78 Å². The van der Waals surface area contributed by atoms with Gasteiger partial charge in [-0.1, -0.05) is 18.2 Å². The van der Waals surface area contributed by atoms with Gasteiger partial charge in [-0.25, -0.2) is 0 Å². The molecule has 1 amide bonds. The average molecular weight is 291 g/mol. The van der Waals surface area contributed by atoms with Gasteiger partial charge in [0.15, 0.2) is 0 Å². The molecule has 21 heavy (non-hydrogen) atoms. The monoisotopic (exact) mass is 291 g/mol. The summed E-state index contributed by atoms with van der Waals surface area (Å²) in [6, 6.07) is 8.10. The number of nitrogens with two attached hydrogens (primary N) is 1. The normalized spacial score (nSPS) is 11.0. The number of halogens is 3. The lowest BCUT2D eigenvalue weighted by Gasteiger charge is -2.11. The van der Waals surface area contributed by atoms with Gasteiger partial charge >= 0.3 is 6.18 Å². The molecule has 7 heteroatoms. The van der Waals surface area contributed by atoms with E-state index in [1.54, 1.807) is 6.07 Å². The minimum Gasteiger partial charge on any atom is -0.366 e. The SMILES string of the molecule is N#Cc1cnc(-c2ccccc2C(N)=O)cc1C(F)(F)F. The van der Waals surface area contributed by atoms with Gasteiger partial charge < -0.3 is 5.73 Å². The van der Waals surface area contributed by atoms with Gasteiger partial charge in [-0.15, -0.1) is 0 Å². The van der Waals surface area contributed by atoms with Crippen LogP contribution in [-0.2, 0) is 6.18 Å². The van der Waals surface area contributed by atoms with Gasteiger partial charge in [-0.05, 0) is 12.1 Å². The smallest absolute Gasteiger partial charge is 0.366 e. The van der Waals surface area contributed by atoms with Crippen LogP contribution in [0.3, 0.4) is 0 Å². The number of nitriles is 1. The van der Waals surface area contributed by atoms with Crippen LogP contribution < -0.4 is 5.73 Å². The first kappa shape index (κ1) is 14.5. The van der Waals surface area contributed by atoms with Gasteiger partial charge in [0.05, 0.1) is 16.8 Å². The number of primary amides is 1. The molecule has 1 aromatic carbocycles. The molecular weight excluding hydrogens is 283 g/mol. The molecule has 0 atom stereocenters. The fraction of sp³-hybridized carbons (Fsp3) is 0.0714. The summed E-state index contributed by atoms with van der Waals surface area (Å²) in [7, 11) is 0. The molecule has 106 valence electrons. The van der Waals surface area contributed by atoms with E-state index in [1.807, 2.05) is 0 Å². The van der Waals surface area contributed by atoms with E-state index in [9.17, 15) is 18.0 Å². The molecule has 4 nitrogen and oxygen atoms in total. The Morgan fingerprint density at radius 1 is 1.29 bits per heavy atom. The van der Waals surface area contributed by atoms with Crippen molar-refractivity contribution in [3.05, 3.63) is 53.2 Å². The second kappa shape index (κ2) is 5.25. The Kier molecular flexibility index (Phi) is 3.63.